The molecule has 0 aliphatic carbocycles. The van der Waals surface area contributed by atoms with E-state index in [4.69, 9.17) is 9.47 Å². The summed E-state index contributed by atoms with van der Waals surface area (Å²) in [7, 11) is 0. The monoisotopic (exact) mass is 226 g/mol. The topological polar surface area (TPSA) is 52.6 Å². The van der Waals surface area contributed by atoms with Crippen LogP contribution in [0.25, 0.3) is 0 Å². The van der Waals surface area contributed by atoms with Crippen molar-refractivity contribution < 1.29 is 19.1 Å². The van der Waals surface area contributed by atoms with Crippen LogP contribution in [0.4, 0.5) is 0 Å². The van der Waals surface area contributed by atoms with Crippen molar-refractivity contribution in [3.8, 4) is 0 Å². The van der Waals surface area contributed by atoms with Crippen LogP contribution in [0.5, 0.6) is 0 Å². The second-order valence-electron chi connectivity index (χ2n) is 3.44. The summed E-state index contributed by atoms with van der Waals surface area (Å²) in [6.45, 7) is 9.19. The maximum Gasteiger partial charge on any atom is 0.342 e. The van der Waals surface area contributed by atoms with Crippen molar-refractivity contribution in [3.63, 3.8) is 0 Å². The van der Waals surface area contributed by atoms with Crippen molar-refractivity contribution in [2.45, 2.75) is 27.2 Å². The predicted octanol–water partition coefficient (Wildman–Crippen LogP) is 1.85. The second kappa shape index (κ2) is 7.71. The van der Waals surface area contributed by atoms with Crippen LogP contribution in [-0.2, 0) is 19.1 Å². The number of carbonyl (C=O) groups is 2. The summed E-state index contributed by atoms with van der Waals surface area (Å²) in [5.74, 6) is -0.842. The fourth-order valence-corrected chi connectivity index (χ4v) is 1.05. The molecule has 0 saturated heterocycles. The lowest BCUT2D eigenvalue weighted by Gasteiger charge is -2.08. The Balaban J connectivity index is 3.99. The Bertz CT molecular complexity index is 298. The van der Waals surface area contributed by atoms with E-state index < -0.39 is 5.97 Å². The lowest BCUT2D eigenvalue weighted by Crippen LogP contribution is -2.15. The van der Waals surface area contributed by atoms with Crippen molar-refractivity contribution in [3.05, 3.63) is 17.9 Å². The van der Waals surface area contributed by atoms with Crippen LogP contribution in [0.3, 0.4) is 0 Å². The molecule has 0 saturated carbocycles. The Kier molecular flexibility index (Phi) is 6.97. The molecule has 0 aromatic rings. The van der Waals surface area contributed by atoms with Gasteiger partial charge in [-0.05, 0) is 12.8 Å². The molecule has 0 aliphatic rings. The van der Waals surface area contributed by atoms with Gasteiger partial charge < -0.3 is 9.47 Å². The van der Waals surface area contributed by atoms with Crippen LogP contribution >= 0.6 is 0 Å². The number of esters is 2. The summed E-state index contributed by atoms with van der Waals surface area (Å²) in [6.07, 6.45) is 0.0715. The summed E-state index contributed by atoms with van der Waals surface area (Å²) in [4.78, 5) is 22.4. The maximum atomic E-state index is 11.4. The Hall–Kier alpha value is -1.54. The molecule has 0 unspecified atom stereocenters. The molecular weight excluding hydrogens is 208 g/mol. The van der Waals surface area contributed by atoms with Crippen LogP contribution in [0.15, 0.2) is 17.9 Å². The van der Waals surface area contributed by atoms with E-state index in [0.29, 0.717) is 12.2 Å². The minimum atomic E-state index is -0.478. The summed E-state index contributed by atoms with van der Waals surface area (Å²) in [6, 6.07) is 0. The Morgan fingerprint density at radius 2 is 1.94 bits per heavy atom. The minimum absolute atomic E-state index is 0.00703. The third-order valence-electron chi connectivity index (χ3n) is 1.83. The average molecular weight is 226 g/mol. The van der Waals surface area contributed by atoms with Crippen LogP contribution in [0.1, 0.15) is 27.2 Å². The van der Waals surface area contributed by atoms with Gasteiger partial charge in [0.2, 0.25) is 0 Å². The Labute approximate surface area is 95.9 Å². The van der Waals surface area contributed by atoms with Crippen molar-refractivity contribution in [2.24, 2.45) is 5.92 Å². The molecule has 0 fully saturated rings. The molecule has 4 nitrogen and oxygen atoms in total. The van der Waals surface area contributed by atoms with Gasteiger partial charge in [0.1, 0.15) is 6.61 Å². The average Bonchev–Trinajstić information content (AvgIpc) is 2.18. The molecular formula is C12H18O4. The number of rotatable bonds is 6. The fraction of sp³-hybridized carbons (Fsp3) is 0.583. The van der Waals surface area contributed by atoms with Crippen molar-refractivity contribution in [1.29, 1.82) is 0 Å². The van der Waals surface area contributed by atoms with Crippen molar-refractivity contribution >= 4 is 11.9 Å². The van der Waals surface area contributed by atoms with E-state index >= 15 is 0 Å². The highest BCUT2D eigenvalue weighted by Gasteiger charge is 2.14. The number of hydrogen-bond donors (Lipinski definition) is 0. The van der Waals surface area contributed by atoms with Gasteiger partial charge in [0.15, 0.2) is 0 Å². The highest BCUT2D eigenvalue weighted by Crippen LogP contribution is 2.09. The third-order valence-corrected chi connectivity index (χ3v) is 1.83. The van der Waals surface area contributed by atoms with Gasteiger partial charge in [-0.15, -0.1) is 5.73 Å². The number of hydrogen-bond acceptors (Lipinski definition) is 4. The van der Waals surface area contributed by atoms with E-state index in [1.165, 1.54) is 0 Å². The van der Waals surface area contributed by atoms with E-state index in [0.717, 1.165) is 0 Å². The smallest absolute Gasteiger partial charge is 0.342 e. The van der Waals surface area contributed by atoms with Crippen LogP contribution in [0.2, 0.25) is 0 Å². The van der Waals surface area contributed by atoms with Crippen LogP contribution in [0, 0.1) is 5.92 Å². The first kappa shape index (κ1) is 14.5. The van der Waals surface area contributed by atoms with Gasteiger partial charge in [-0.1, -0.05) is 20.4 Å². The molecule has 16 heavy (non-hydrogen) atoms. The quantitative estimate of drug-likeness (QED) is 0.394. The van der Waals surface area contributed by atoms with Crippen molar-refractivity contribution in [1.82, 2.24) is 0 Å². The first-order valence-electron chi connectivity index (χ1n) is 5.25. The van der Waals surface area contributed by atoms with Gasteiger partial charge in [0, 0.05) is 0 Å². The SMILES string of the molecule is C=C=C(C(=O)OCCC(=O)OCC)C(C)C. The van der Waals surface area contributed by atoms with Crippen molar-refractivity contribution in [2.75, 3.05) is 13.2 Å². The van der Waals surface area contributed by atoms with E-state index in [9.17, 15) is 9.59 Å². The van der Waals surface area contributed by atoms with Crippen LogP contribution < -0.4 is 0 Å². The molecule has 0 bridgehead atoms. The lowest BCUT2D eigenvalue weighted by atomic mass is 10.1. The molecule has 0 aromatic heterocycles. The molecule has 0 amide bonds. The molecule has 0 radical (unpaired) electrons. The van der Waals surface area contributed by atoms with Gasteiger partial charge in [-0.3, -0.25) is 4.79 Å². The third kappa shape index (κ3) is 5.37. The first-order valence-corrected chi connectivity index (χ1v) is 5.25. The standard InChI is InChI=1S/C12H18O4/c1-5-10(9(3)4)12(14)16-8-7-11(13)15-6-2/h9H,1,6-8H2,2-4H3. The van der Waals surface area contributed by atoms with Gasteiger partial charge >= 0.3 is 11.9 Å². The Morgan fingerprint density at radius 3 is 2.38 bits per heavy atom. The van der Waals surface area contributed by atoms with Gasteiger partial charge in [0.05, 0.1) is 18.6 Å². The van der Waals surface area contributed by atoms with Crippen LogP contribution in [-0.4, -0.2) is 25.2 Å². The molecule has 0 aliphatic heterocycles. The lowest BCUT2D eigenvalue weighted by molar-refractivity contribution is -0.147. The zero-order valence-corrected chi connectivity index (χ0v) is 10.0. The van der Waals surface area contributed by atoms with Gasteiger partial charge in [-0.2, -0.15) is 0 Å². The maximum absolute atomic E-state index is 11.4. The summed E-state index contributed by atoms with van der Waals surface area (Å²) in [5, 5.41) is 0. The number of carbonyl (C=O) groups excluding carboxylic acids is 2. The summed E-state index contributed by atoms with van der Waals surface area (Å²) in [5.41, 5.74) is 2.93. The summed E-state index contributed by atoms with van der Waals surface area (Å²) < 4.78 is 9.59. The molecule has 4 heteroatoms. The first-order chi connectivity index (χ1) is 7.52. The molecule has 0 heterocycles. The molecule has 0 atom stereocenters. The van der Waals surface area contributed by atoms with E-state index in [1.807, 2.05) is 13.8 Å². The highest BCUT2D eigenvalue weighted by atomic mass is 16.5. The second-order valence-corrected chi connectivity index (χ2v) is 3.44. The van der Waals surface area contributed by atoms with E-state index in [-0.39, 0.29) is 24.9 Å². The van der Waals surface area contributed by atoms with E-state index in [1.54, 1.807) is 6.92 Å². The van der Waals surface area contributed by atoms with E-state index in [2.05, 4.69) is 12.3 Å². The molecule has 0 N–H and O–H groups in total. The molecule has 0 spiro atoms. The highest BCUT2D eigenvalue weighted by molar-refractivity contribution is 5.88. The minimum Gasteiger partial charge on any atom is -0.466 e. The molecule has 0 rings (SSSR count). The zero-order chi connectivity index (χ0) is 12.6. The zero-order valence-electron chi connectivity index (χ0n) is 10.0. The number of ether oxygens (including phenoxy) is 2. The predicted molar refractivity (Wildman–Crippen MR) is 59.7 cm³/mol. The summed E-state index contributed by atoms with van der Waals surface area (Å²) >= 11 is 0. The Morgan fingerprint density at radius 1 is 1.31 bits per heavy atom. The largest absolute Gasteiger partial charge is 0.466 e. The molecule has 90 valence electrons. The van der Waals surface area contributed by atoms with Gasteiger partial charge in [-0.25, -0.2) is 4.79 Å². The normalized spacial score (nSPS) is 9.50. The molecule has 0 aromatic carbocycles. The fourth-order valence-electron chi connectivity index (χ4n) is 1.05. The van der Waals surface area contributed by atoms with Gasteiger partial charge in [0.25, 0.3) is 0 Å².